The van der Waals surface area contributed by atoms with Crippen molar-refractivity contribution in [2.24, 2.45) is 0 Å². The highest BCUT2D eigenvalue weighted by Crippen LogP contribution is 2.29. The lowest BCUT2D eigenvalue weighted by atomic mass is 10.2. The smallest absolute Gasteiger partial charge is 0.187 e. The zero-order chi connectivity index (χ0) is 15.5. The van der Waals surface area contributed by atoms with Gasteiger partial charge in [0.2, 0.25) is 0 Å². The van der Waals surface area contributed by atoms with Crippen molar-refractivity contribution in [3.05, 3.63) is 59.3 Å². The number of ether oxygens (including phenoxy) is 2. The maximum Gasteiger partial charge on any atom is 0.187 e. The van der Waals surface area contributed by atoms with E-state index in [2.05, 4.69) is 0 Å². The quantitative estimate of drug-likeness (QED) is 0.852. The molecule has 0 amide bonds. The number of methoxy groups -OCH3 is 2. The van der Waals surface area contributed by atoms with Gasteiger partial charge in [0, 0.05) is 5.56 Å². The summed E-state index contributed by atoms with van der Waals surface area (Å²) < 4.78 is 35.2. The van der Waals surface area contributed by atoms with Crippen LogP contribution in [0.5, 0.6) is 11.5 Å². The van der Waals surface area contributed by atoms with E-state index in [0.717, 1.165) is 5.56 Å². The summed E-state index contributed by atoms with van der Waals surface area (Å²) in [4.78, 5) is 0.248. The molecule has 0 spiro atoms. The molecule has 0 aliphatic rings. The zero-order valence-electron chi connectivity index (χ0n) is 12.2. The van der Waals surface area contributed by atoms with Gasteiger partial charge in [-0.25, -0.2) is 8.42 Å². The van der Waals surface area contributed by atoms with Gasteiger partial charge in [-0.05, 0) is 37.3 Å². The molecule has 0 aliphatic heterocycles. The van der Waals surface area contributed by atoms with Crippen LogP contribution in [-0.2, 0) is 9.84 Å². The number of hydrogen-bond acceptors (Lipinski definition) is 4. The first-order valence-electron chi connectivity index (χ1n) is 6.35. The minimum absolute atomic E-state index is 0.248. The first-order chi connectivity index (χ1) is 9.96. The van der Waals surface area contributed by atoms with Crippen molar-refractivity contribution in [1.82, 2.24) is 0 Å². The van der Waals surface area contributed by atoms with Crippen LogP contribution in [0.3, 0.4) is 0 Å². The molecule has 0 unspecified atom stereocenters. The van der Waals surface area contributed by atoms with Gasteiger partial charge in [0.25, 0.3) is 0 Å². The first-order valence-corrected chi connectivity index (χ1v) is 7.89. The van der Waals surface area contributed by atoms with Crippen molar-refractivity contribution in [3.8, 4) is 11.5 Å². The fourth-order valence-corrected chi connectivity index (χ4v) is 3.06. The van der Waals surface area contributed by atoms with Crippen LogP contribution in [0.4, 0.5) is 0 Å². The third kappa shape index (κ3) is 3.55. The van der Waals surface area contributed by atoms with Crippen molar-refractivity contribution in [2.45, 2.75) is 11.8 Å². The number of aryl methyl sites for hydroxylation is 1. The molecule has 0 saturated carbocycles. The second kappa shape index (κ2) is 6.18. The predicted octanol–water partition coefficient (Wildman–Crippen LogP) is 3.00. The van der Waals surface area contributed by atoms with Crippen LogP contribution in [0.25, 0.3) is 0 Å². The first kappa shape index (κ1) is 15.4. The number of sulfone groups is 1. The van der Waals surface area contributed by atoms with E-state index in [1.165, 1.54) is 20.0 Å². The van der Waals surface area contributed by atoms with Gasteiger partial charge >= 0.3 is 0 Å². The van der Waals surface area contributed by atoms with E-state index in [-0.39, 0.29) is 4.90 Å². The van der Waals surface area contributed by atoms with E-state index < -0.39 is 9.84 Å². The molecule has 2 rings (SSSR count). The molecule has 1 radical (unpaired) electrons. The van der Waals surface area contributed by atoms with E-state index in [0.29, 0.717) is 17.1 Å². The maximum atomic E-state index is 12.4. The molecule has 2 aromatic rings. The van der Waals surface area contributed by atoms with Crippen molar-refractivity contribution < 1.29 is 17.9 Å². The lowest BCUT2D eigenvalue weighted by molar-refractivity contribution is 0.401. The van der Waals surface area contributed by atoms with Gasteiger partial charge in [-0.15, -0.1) is 0 Å². The molecule has 0 fully saturated rings. The average Bonchev–Trinajstić information content (AvgIpc) is 2.47. The Hall–Kier alpha value is -2.01. The largest absolute Gasteiger partial charge is 0.497 e. The summed E-state index contributed by atoms with van der Waals surface area (Å²) in [7, 11) is -0.523. The van der Waals surface area contributed by atoms with Gasteiger partial charge in [-0.1, -0.05) is 17.7 Å². The Morgan fingerprint density at radius 1 is 0.952 bits per heavy atom. The van der Waals surface area contributed by atoms with Gasteiger partial charge in [-0.3, -0.25) is 0 Å². The molecule has 0 saturated heterocycles. The van der Waals surface area contributed by atoms with Crippen LogP contribution in [0.15, 0.2) is 47.4 Å². The van der Waals surface area contributed by atoms with Crippen molar-refractivity contribution in [3.63, 3.8) is 0 Å². The summed E-state index contributed by atoms with van der Waals surface area (Å²) in [6.45, 7) is 1.91. The van der Waals surface area contributed by atoms with Gasteiger partial charge < -0.3 is 9.47 Å². The highest BCUT2D eigenvalue weighted by molar-refractivity contribution is 7.93. The van der Waals surface area contributed by atoms with Crippen LogP contribution in [0.2, 0.25) is 0 Å². The van der Waals surface area contributed by atoms with Gasteiger partial charge in [0.1, 0.15) is 17.3 Å². The van der Waals surface area contributed by atoms with E-state index >= 15 is 0 Å². The minimum Gasteiger partial charge on any atom is -0.497 e. The van der Waals surface area contributed by atoms with Crippen molar-refractivity contribution in [1.29, 1.82) is 0 Å². The molecule has 4 nitrogen and oxygen atoms in total. The number of hydrogen-bond donors (Lipinski definition) is 0. The summed E-state index contributed by atoms with van der Waals surface area (Å²) >= 11 is 0. The maximum absolute atomic E-state index is 12.4. The molecule has 5 heteroatoms. The van der Waals surface area contributed by atoms with Gasteiger partial charge in [-0.2, -0.15) is 0 Å². The zero-order valence-corrected chi connectivity index (χ0v) is 13.0. The summed E-state index contributed by atoms with van der Waals surface area (Å²) in [5.74, 6) is 2.24. The topological polar surface area (TPSA) is 52.6 Å². The summed E-state index contributed by atoms with van der Waals surface area (Å²) in [6.07, 6.45) is 0. The Labute approximate surface area is 125 Å². The van der Waals surface area contributed by atoms with Gasteiger partial charge in [0.15, 0.2) is 9.84 Å². The lowest BCUT2D eigenvalue weighted by Gasteiger charge is -2.11. The normalized spacial score (nSPS) is 11.2. The molecule has 0 heterocycles. The Balaban J connectivity index is 2.38. The second-order valence-electron chi connectivity index (χ2n) is 4.58. The van der Waals surface area contributed by atoms with Crippen LogP contribution in [0.1, 0.15) is 11.1 Å². The second-order valence-corrected chi connectivity index (χ2v) is 6.38. The summed E-state index contributed by atoms with van der Waals surface area (Å²) in [5.41, 5.74) is 1.46. The molecule has 111 valence electrons. The van der Waals surface area contributed by atoms with Crippen molar-refractivity contribution >= 4 is 9.84 Å². The Bertz CT molecular complexity index is 718. The Morgan fingerprint density at radius 2 is 1.62 bits per heavy atom. The van der Waals surface area contributed by atoms with Crippen LogP contribution in [0, 0.1) is 12.7 Å². The molecule has 2 aromatic carbocycles. The van der Waals surface area contributed by atoms with E-state index in [1.807, 2.05) is 6.92 Å². The molecule has 0 atom stereocenters. The predicted molar refractivity (Wildman–Crippen MR) is 81.3 cm³/mol. The third-order valence-electron chi connectivity index (χ3n) is 3.07. The van der Waals surface area contributed by atoms with Gasteiger partial charge in [0.05, 0.1) is 19.1 Å². The molecule has 0 N–H and O–H groups in total. The van der Waals surface area contributed by atoms with Crippen molar-refractivity contribution in [2.75, 3.05) is 14.2 Å². The van der Waals surface area contributed by atoms with Crippen LogP contribution in [-0.4, -0.2) is 22.6 Å². The van der Waals surface area contributed by atoms with E-state index in [9.17, 15) is 8.42 Å². The molecule has 0 aromatic heterocycles. The lowest BCUT2D eigenvalue weighted by Crippen LogP contribution is -2.04. The Morgan fingerprint density at radius 3 is 2.19 bits per heavy atom. The highest BCUT2D eigenvalue weighted by atomic mass is 32.2. The van der Waals surface area contributed by atoms with E-state index in [1.54, 1.807) is 42.5 Å². The standard InChI is InChI=1S/C16H17O4S/c1-12-4-7-15(8-5-12)21(17,18)11-13-10-14(19-2)6-9-16(13)20-3/h4-11H,1-3H3. The molecule has 0 aliphatic carbocycles. The fourth-order valence-electron chi connectivity index (χ4n) is 1.89. The fraction of sp³-hybridized carbons (Fsp3) is 0.188. The highest BCUT2D eigenvalue weighted by Gasteiger charge is 2.19. The molecular weight excluding hydrogens is 288 g/mol. The number of rotatable bonds is 5. The number of benzene rings is 2. The third-order valence-corrected chi connectivity index (χ3v) is 4.56. The average molecular weight is 305 g/mol. The summed E-state index contributed by atoms with van der Waals surface area (Å²) in [5, 5.41) is 0. The summed E-state index contributed by atoms with van der Waals surface area (Å²) in [6, 6.07) is 11.7. The molecular formula is C16H17O4S. The minimum atomic E-state index is -3.55. The Kier molecular flexibility index (Phi) is 4.53. The molecule has 0 bridgehead atoms. The van der Waals surface area contributed by atoms with Crippen LogP contribution >= 0.6 is 0 Å². The van der Waals surface area contributed by atoms with E-state index in [4.69, 9.17) is 9.47 Å². The van der Waals surface area contributed by atoms with Crippen LogP contribution < -0.4 is 9.47 Å². The monoisotopic (exact) mass is 305 g/mol. The SMILES string of the molecule is COc1ccc(OC)c([CH]S(=O)(=O)c2ccc(C)cc2)c1. The molecule has 21 heavy (non-hydrogen) atoms.